The summed E-state index contributed by atoms with van der Waals surface area (Å²) in [6, 6.07) is 7.79. The largest absolute Gasteiger partial charge is 0.362 e. The molecule has 1 saturated heterocycles. The highest BCUT2D eigenvalue weighted by molar-refractivity contribution is 7.99. The number of thioether (sulfide) groups is 1. The first-order chi connectivity index (χ1) is 7.25. The molecule has 1 heterocycles. The highest BCUT2D eigenvalue weighted by Gasteiger charge is 2.17. The van der Waals surface area contributed by atoms with Crippen molar-refractivity contribution in [2.45, 2.75) is 12.4 Å². The number of nitrogens with one attached hydrogen (secondary N) is 1. The van der Waals surface area contributed by atoms with E-state index >= 15 is 0 Å². The summed E-state index contributed by atoms with van der Waals surface area (Å²) in [6.07, 6.45) is 0. The molecule has 2 rings (SSSR count). The van der Waals surface area contributed by atoms with E-state index in [-0.39, 0.29) is 11.3 Å². The Hall–Kier alpha value is -1.00. The van der Waals surface area contributed by atoms with E-state index in [1.54, 1.807) is 11.8 Å². The Kier molecular flexibility index (Phi) is 3.28. The molecule has 1 aliphatic rings. The van der Waals surface area contributed by atoms with Gasteiger partial charge in [0.05, 0.1) is 6.61 Å². The van der Waals surface area contributed by atoms with Gasteiger partial charge >= 0.3 is 0 Å². The molecule has 0 bridgehead atoms. The predicted molar refractivity (Wildman–Crippen MR) is 61.9 cm³/mol. The molecule has 1 unspecified atom stereocenters. The Bertz CT molecular complexity index is 344. The van der Waals surface area contributed by atoms with Crippen LogP contribution in [0.5, 0.6) is 0 Å². The molecule has 1 amide bonds. The van der Waals surface area contributed by atoms with Crippen LogP contribution >= 0.6 is 11.8 Å². The van der Waals surface area contributed by atoms with Crippen LogP contribution in [0.25, 0.3) is 0 Å². The van der Waals surface area contributed by atoms with Gasteiger partial charge in [-0.15, -0.1) is 11.8 Å². The summed E-state index contributed by atoms with van der Waals surface area (Å²) >= 11 is 1.81. The van der Waals surface area contributed by atoms with Crippen molar-refractivity contribution in [2.75, 3.05) is 17.7 Å². The van der Waals surface area contributed by atoms with Gasteiger partial charge in [0.2, 0.25) is 5.91 Å². The van der Waals surface area contributed by atoms with Gasteiger partial charge in [-0.25, -0.2) is 0 Å². The van der Waals surface area contributed by atoms with Crippen molar-refractivity contribution in [1.82, 2.24) is 0 Å². The quantitative estimate of drug-likeness (QED) is 0.836. The second-order valence-corrected chi connectivity index (χ2v) is 4.55. The minimum absolute atomic E-state index is 0.0470. The SMILES string of the molecule is CC(=O)Nc1ccc(C2OCCS2)cc1. The molecule has 0 aromatic heterocycles. The number of hydrogen-bond donors (Lipinski definition) is 1. The number of ether oxygens (including phenoxy) is 1. The number of hydrogen-bond acceptors (Lipinski definition) is 3. The molecule has 0 radical (unpaired) electrons. The molecule has 0 aliphatic carbocycles. The standard InChI is InChI=1S/C11H13NO2S/c1-8(13)12-10-4-2-9(3-5-10)11-14-6-7-15-11/h2-5,11H,6-7H2,1H3,(H,12,13). The molecular weight excluding hydrogens is 210 g/mol. The highest BCUT2D eigenvalue weighted by Crippen LogP contribution is 2.35. The number of carbonyl (C=O) groups is 1. The van der Waals surface area contributed by atoms with Crippen LogP contribution in [0.1, 0.15) is 17.9 Å². The van der Waals surface area contributed by atoms with Crippen LogP contribution in [-0.4, -0.2) is 18.3 Å². The second-order valence-electron chi connectivity index (χ2n) is 3.38. The van der Waals surface area contributed by atoms with E-state index in [1.165, 1.54) is 6.92 Å². The van der Waals surface area contributed by atoms with E-state index in [9.17, 15) is 4.79 Å². The van der Waals surface area contributed by atoms with Gasteiger partial charge in [-0.05, 0) is 17.7 Å². The summed E-state index contributed by atoms with van der Waals surface area (Å²) < 4.78 is 5.54. The average molecular weight is 223 g/mol. The molecule has 1 N–H and O–H groups in total. The molecule has 4 heteroatoms. The third kappa shape index (κ3) is 2.73. The van der Waals surface area contributed by atoms with E-state index in [1.807, 2.05) is 24.3 Å². The Balaban J connectivity index is 2.06. The third-order valence-electron chi connectivity index (χ3n) is 2.13. The maximum absolute atomic E-state index is 10.8. The van der Waals surface area contributed by atoms with Gasteiger partial charge in [-0.2, -0.15) is 0 Å². The minimum Gasteiger partial charge on any atom is -0.362 e. The summed E-state index contributed by atoms with van der Waals surface area (Å²) in [6.45, 7) is 2.33. The first-order valence-electron chi connectivity index (χ1n) is 4.86. The van der Waals surface area contributed by atoms with Crippen molar-refractivity contribution >= 4 is 23.4 Å². The number of carbonyl (C=O) groups excluding carboxylic acids is 1. The first kappa shape index (κ1) is 10.5. The lowest BCUT2D eigenvalue weighted by Gasteiger charge is -2.09. The number of rotatable bonds is 2. The Labute approximate surface area is 93.2 Å². The van der Waals surface area contributed by atoms with Crippen molar-refractivity contribution in [1.29, 1.82) is 0 Å². The molecule has 80 valence electrons. The summed E-state index contributed by atoms with van der Waals surface area (Å²) in [4.78, 5) is 10.8. The molecular formula is C11H13NO2S. The van der Waals surface area contributed by atoms with E-state index in [4.69, 9.17) is 4.74 Å². The molecule has 0 saturated carbocycles. The Morgan fingerprint density at radius 3 is 2.73 bits per heavy atom. The fourth-order valence-electron chi connectivity index (χ4n) is 1.48. The Morgan fingerprint density at radius 2 is 2.20 bits per heavy atom. The van der Waals surface area contributed by atoms with Gasteiger partial charge < -0.3 is 10.1 Å². The number of benzene rings is 1. The zero-order valence-corrected chi connectivity index (χ0v) is 9.34. The first-order valence-corrected chi connectivity index (χ1v) is 5.91. The highest BCUT2D eigenvalue weighted by atomic mass is 32.2. The molecule has 1 fully saturated rings. The topological polar surface area (TPSA) is 38.3 Å². The fraction of sp³-hybridized carbons (Fsp3) is 0.364. The summed E-state index contributed by atoms with van der Waals surface area (Å²) in [5, 5.41) is 2.74. The summed E-state index contributed by atoms with van der Waals surface area (Å²) in [5.41, 5.74) is 2.15. The molecule has 15 heavy (non-hydrogen) atoms. The number of anilines is 1. The maximum Gasteiger partial charge on any atom is 0.221 e. The monoisotopic (exact) mass is 223 g/mol. The van der Waals surface area contributed by atoms with Crippen molar-refractivity contribution < 1.29 is 9.53 Å². The Morgan fingerprint density at radius 1 is 1.47 bits per heavy atom. The normalized spacial score (nSPS) is 20.2. The van der Waals surface area contributed by atoms with Crippen LogP contribution in [-0.2, 0) is 9.53 Å². The van der Waals surface area contributed by atoms with E-state index in [0.717, 1.165) is 23.6 Å². The van der Waals surface area contributed by atoms with Crippen LogP contribution in [0.3, 0.4) is 0 Å². The molecule has 3 nitrogen and oxygen atoms in total. The molecule has 1 aromatic carbocycles. The zero-order chi connectivity index (χ0) is 10.7. The van der Waals surface area contributed by atoms with Crippen LogP contribution in [0.2, 0.25) is 0 Å². The van der Waals surface area contributed by atoms with Crippen LogP contribution in [0, 0.1) is 0 Å². The van der Waals surface area contributed by atoms with Crippen molar-refractivity contribution in [3.05, 3.63) is 29.8 Å². The van der Waals surface area contributed by atoms with E-state index < -0.39 is 0 Å². The van der Waals surface area contributed by atoms with Crippen LogP contribution < -0.4 is 5.32 Å². The summed E-state index contributed by atoms with van der Waals surface area (Å²) in [7, 11) is 0. The molecule has 0 spiro atoms. The van der Waals surface area contributed by atoms with Gasteiger partial charge in [0, 0.05) is 18.4 Å². The van der Waals surface area contributed by atoms with Crippen molar-refractivity contribution in [3.63, 3.8) is 0 Å². The zero-order valence-electron chi connectivity index (χ0n) is 8.53. The predicted octanol–water partition coefficient (Wildman–Crippen LogP) is 2.41. The lowest BCUT2D eigenvalue weighted by atomic mass is 10.2. The fourth-order valence-corrected chi connectivity index (χ4v) is 2.43. The van der Waals surface area contributed by atoms with E-state index in [0.29, 0.717) is 0 Å². The van der Waals surface area contributed by atoms with Gasteiger partial charge in [-0.1, -0.05) is 12.1 Å². The maximum atomic E-state index is 10.8. The summed E-state index contributed by atoms with van der Waals surface area (Å²) in [5.74, 6) is 1.01. The lowest BCUT2D eigenvalue weighted by Crippen LogP contribution is -2.05. The van der Waals surface area contributed by atoms with Crippen LogP contribution in [0.15, 0.2) is 24.3 Å². The van der Waals surface area contributed by atoms with Crippen molar-refractivity contribution in [2.24, 2.45) is 0 Å². The van der Waals surface area contributed by atoms with Gasteiger partial charge in [-0.3, -0.25) is 4.79 Å². The lowest BCUT2D eigenvalue weighted by molar-refractivity contribution is -0.114. The second kappa shape index (κ2) is 4.68. The van der Waals surface area contributed by atoms with Gasteiger partial charge in [0.25, 0.3) is 0 Å². The van der Waals surface area contributed by atoms with E-state index in [2.05, 4.69) is 5.32 Å². The molecule has 1 aromatic rings. The van der Waals surface area contributed by atoms with Gasteiger partial charge in [0.1, 0.15) is 5.44 Å². The molecule has 1 aliphatic heterocycles. The van der Waals surface area contributed by atoms with Crippen molar-refractivity contribution in [3.8, 4) is 0 Å². The average Bonchev–Trinajstić information content (AvgIpc) is 2.71. The molecule has 1 atom stereocenters. The third-order valence-corrected chi connectivity index (χ3v) is 3.24. The van der Waals surface area contributed by atoms with Crippen LogP contribution in [0.4, 0.5) is 5.69 Å². The van der Waals surface area contributed by atoms with Gasteiger partial charge in [0.15, 0.2) is 0 Å². The minimum atomic E-state index is -0.0470. The smallest absolute Gasteiger partial charge is 0.221 e. The number of amides is 1.